The minimum absolute atomic E-state index is 0.308. The number of primary amides is 1. The van der Waals surface area contributed by atoms with Gasteiger partial charge >= 0.3 is 0 Å². The van der Waals surface area contributed by atoms with E-state index in [0.717, 1.165) is 30.0 Å². The Hall–Kier alpha value is -2.02. The third-order valence-corrected chi connectivity index (χ3v) is 3.48. The minimum Gasteiger partial charge on any atom is -0.368 e. The van der Waals surface area contributed by atoms with E-state index in [2.05, 4.69) is 5.32 Å². The number of nitrogens with zero attached hydrogens (tertiary/aromatic N) is 1. The highest BCUT2D eigenvalue weighted by Gasteiger charge is 2.30. The molecule has 5 nitrogen and oxygen atoms in total. The zero-order valence-corrected chi connectivity index (χ0v) is 11.4. The van der Waals surface area contributed by atoms with Crippen LogP contribution < -0.4 is 11.1 Å². The van der Waals surface area contributed by atoms with Crippen LogP contribution in [0.3, 0.4) is 0 Å². The van der Waals surface area contributed by atoms with E-state index in [-0.39, 0.29) is 12.6 Å². The van der Waals surface area contributed by atoms with Crippen molar-refractivity contribution in [2.75, 3.05) is 19.6 Å². The van der Waals surface area contributed by atoms with Gasteiger partial charge in [-0.2, -0.15) is 0 Å². The molecule has 1 aromatic carbocycles. The van der Waals surface area contributed by atoms with Gasteiger partial charge in [-0.1, -0.05) is 6.07 Å². The smallest absolute Gasteiger partial charge is 0.260 e. The van der Waals surface area contributed by atoms with Crippen molar-refractivity contribution in [3.8, 4) is 0 Å². The Labute approximate surface area is 121 Å². The molecule has 1 aliphatic rings. The Morgan fingerprint density at radius 2 is 2.00 bits per heavy atom. The molecule has 0 spiro atoms. The summed E-state index contributed by atoms with van der Waals surface area (Å²) >= 11 is 0. The van der Waals surface area contributed by atoms with Crippen molar-refractivity contribution in [3.05, 3.63) is 35.4 Å². The summed E-state index contributed by atoms with van der Waals surface area (Å²) in [5.74, 6) is -3.46. The van der Waals surface area contributed by atoms with Crippen LogP contribution in [0.25, 0.3) is 0 Å². The second-order valence-electron chi connectivity index (χ2n) is 5.00. The molecule has 114 valence electrons. The lowest BCUT2D eigenvalue weighted by atomic mass is 10.0. The maximum atomic E-state index is 13.7. The molecule has 0 aliphatic carbocycles. The van der Waals surface area contributed by atoms with E-state index >= 15 is 0 Å². The van der Waals surface area contributed by atoms with Crippen molar-refractivity contribution in [2.24, 2.45) is 5.73 Å². The molecule has 21 heavy (non-hydrogen) atoms. The first-order chi connectivity index (χ1) is 10.0. The fourth-order valence-electron chi connectivity index (χ4n) is 2.48. The fourth-order valence-corrected chi connectivity index (χ4v) is 2.48. The quantitative estimate of drug-likeness (QED) is 0.856. The molecule has 1 aliphatic heterocycles. The molecule has 2 amide bonds. The van der Waals surface area contributed by atoms with Crippen LogP contribution in [0.5, 0.6) is 0 Å². The van der Waals surface area contributed by atoms with Gasteiger partial charge in [0.05, 0.1) is 6.54 Å². The Kier molecular flexibility index (Phi) is 4.85. The summed E-state index contributed by atoms with van der Waals surface area (Å²) < 4.78 is 27.5. The Bertz CT molecular complexity index is 525. The number of nitrogens with one attached hydrogen (secondary N) is 1. The zero-order valence-electron chi connectivity index (χ0n) is 11.4. The molecule has 3 N–H and O–H groups in total. The molecular weight excluding hydrogens is 280 g/mol. The lowest BCUT2D eigenvalue weighted by Crippen LogP contribution is -2.51. The highest BCUT2D eigenvalue weighted by molar-refractivity contribution is 5.97. The number of carbonyl (C=O) groups excluding carboxylic acids is 2. The molecule has 0 aromatic heterocycles. The lowest BCUT2D eigenvalue weighted by Gasteiger charge is -2.34. The van der Waals surface area contributed by atoms with Crippen LogP contribution in [0.2, 0.25) is 0 Å². The summed E-state index contributed by atoms with van der Waals surface area (Å²) in [4.78, 5) is 24.8. The van der Waals surface area contributed by atoms with Gasteiger partial charge in [0.2, 0.25) is 5.91 Å². The largest absolute Gasteiger partial charge is 0.368 e. The molecule has 1 heterocycles. The van der Waals surface area contributed by atoms with Crippen molar-refractivity contribution in [3.63, 3.8) is 0 Å². The minimum atomic E-state index is -0.946. The molecule has 1 aromatic rings. The number of hydrogen-bond donors (Lipinski definition) is 2. The molecule has 1 saturated heterocycles. The zero-order chi connectivity index (χ0) is 15.4. The predicted octanol–water partition coefficient (Wildman–Crippen LogP) is 0.644. The third-order valence-electron chi connectivity index (χ3n) is 3.48. The maximum absolute atomic E-state index is 13.7. The van der Waals surface area contributed by atoms with E-state index in [9.17, 15) is 18.4 Å². The van der Waals surface area contributed by atoms with Crippen LogP contribution >= 0.6 is 0 Å². The van der Waals surface area contributed by atoms with Crippen LogP contribution in [-0.4, -0.2) is 42.4 Å². The van der Waals surface area contributed by atoms with Gasteiger partial charge < -0.3 is 16.0 Å². The van der Waals surface area contributed by atoms with Crippen molar-refractivity contribution in [1.82, 2.24) is 10.2 Å². The number of amides is 2. The SMILES string of the molecule is NC(=O)CN(C(=O)c1c(F)cccc1F)C1CCCNC1. The van der Waals surface area contributed by atoms with Crippen molar-refractivity contribution < 1.29 is 18.4 Å². The van der Waals surface area contributed by atoms with E-state index in [4.69, 9.17) is 5.73 Å². The van der Waals surface area contributed by atoms with Gasteiger partial charge in [-0.3, -0.25) is 9.59 Å². The number of rotatable bonds is 4. The van der Waals surface area contributed by atoms with Crippen molar-refractivity contribution in [2.45, 2.75) is 18.9 Å². The van der Waals surface area contributed by atoms with E-state index in [1.54, 1.807) is 0 Å². The first-order valence-electron chi connectivity index (χ1n) is 6.74. The molecular formula is C14H17F2N3O2. The maximum Gasteiger partial charge on any atom is 0.260 e. The number of benzene rings is 1. The molecule has 7 heteroatoms. The van der Waals surface area contributed by atoms with E-state index in [1.165, 1.54) is 6.07 Å². The van der Waals surface area contributed by atoms with Gasteiger partial charge in [-0.25, -0.2) is 8.78 Å². The van der Waals surface area contributed by atoms with Gasteiger partial charge in [-0.15, -0.1) is 0 Å². The van der Waals surface area contributed by atoms with Crippen molar-refractivity contribution in [1.29, 1.82) is 0 Å². The average molecular weight is 297 g/mol. The van der Waals surface area contributed by atoms with E-state index < -0.39 is 29.0 Å². The van der Waals surface area contributed by atoms with Crippen LogP contribution in [0.15, 0.2) is 18.2 Å². The van der Waals surface area contributed by atoms with Gasteiger partial charge in [0, 0.05) is 12.6 Å². The van der Waals surface area contributed by atoms with Crippen molar-refractivity contribution >= 4 is 11.8 Å². The molecule has 0 saturated carbocycles. The highest BCUT2D eigenvalue weighted by Crippen LogP contribution is 2.18. The second-order valence-corrected chi connectivity index (χ2v) is 5.00. The molecule has 1 fully saturated rings. The Morgan fingerprint density at radius 1 is 1.33 bits per heavy atom. The number of carbonyl (C=O) groups is 2. The number of halogens is 2. The number of nitrogens with two attached hydrogens (primary N) is 1. The first kappa shape index (κ1) is 15.4. The molecule has 1 atom stereocenters. The van der Waals surface area contributed by atoms with Crippen LogP contribution in [0.1, 0.15) is 23.2 Å². The number of hydrogen-bond acceptors (Lipinski definition) is 3. The average Bonchev–Trinajstić information content (AvgIpc) is 2.45. The van der Waals surface area contributed by atoms with Crippen LogP contribution in [-0.2, 0) is 4.79 Å². The third kappa shape index (κ3) is 3.55. The highest BCUT2D eigenvalue weighted by atomic mass is 19.1. The fraction of sp³-hybridized carbons (Fsp3) is 0.429. The Balaban J connectivity index is 2.31. The molecule has 2 rings (SSSR count). The van der Waals surface area contributed by atoms with Gasteiger partial charge in [0.25, 0.3) is 5.91 Å². The van der Waals surface area contributed by atoms with E-state index in [1.807, 2.05) is 0 Å². The monoisotopic (exact) mass is 297 g/mol. The van der Waals surface area contributed by atoms with E-state index in [0.29, 0.717) is 13.0 Å². The Morgan fingerprint density at radius 3 is 2.52 bits per heavy atom. The summed E-state index contributed by atoms with van der Waals surface area (Å²) in [6.07, 6.45) is 1.47. The van der Waals surface area contributed by atoms with Crippen LogP contribution in [0, 0.1) is 11.6 Å². The molecule has 1 unspecified atom stereocenters. The predicted molar refractivity (Wildman–Crippen MR) is 72.5 cm³/mol. The summed E-state index contributed by atoms with van der Waals surface area (Å²) in [6.45, 7) is 0.914. The standard InChI is InChI=1S/C14H17F2N3O2/c15-10-4-1-5-11(16)13(10)14(21)19(8-12(17)20)9-3-2-6-18-7-9/h1,4-5,9,18H,2-3,6-8H2,(H2,17,20). The normalized spacial score (nSPS) is 18.3. The topological polar surface area (TPSA) is 75.4 Å². The summed E-state index contributed by atoms with van der Waals surface area (Å²) in [6, 6.07) is 2.90. The summed E-state index contributed by atoms with van der Waals surface area (Å²) in [5, 5.41) is 3.09. The van der Waals surface area contributed by atoms with Crippen LogP contribution in [0.4, 0.5) is 8.78 Å². The van der Waals surface area contributed by atoms with Gasteiger partial charge in [0.1, 0.15) is 17.2 Å². The van der Waals surface area contributed by atoms with Gasteiger partial charge in [0.15, 0.2) is 0 Å². The molecule has 0 radical (unpaired) electrons. The van der Waals surface area contributed by atoms with Gasteiger partial charge in [-0.05, 0) is 31.5 Å². The second kappa shape index (κ2) is 6.62. The first-order valence-corrected chi connectivity index (χ1v) is 6.74. The summed E-state index contributed by atoms with van der Waals surface area (Å²) in [5.41, 5.74) is 4.50. The molecule has 0 bridgehead atoms. The number of piperidine rings is 1. The summed E-state index contributed by atoms with van der Waals surface area (Å²) in [7, 11) is 0. The lowest BCUT2D eigenvalue weighted by molar-refractivity contribution is -0.119.